The van der Waals surface area contributed by atoms with Crippen molar-refractivity contribution in [3.8, 4) is 11.5 Å². The van der Waals surface area contributed by atoms with E-state index in [1.165, 1.54) is 11.3 Å². The number of thiophene rings is 1. The van der Waals surface area contributed by atoms with E-state index in [1.54, 1.807) is 14.2 Å². The summed E-state index contributed by atoms with van der Waals surface area (Å²) in [4.78, 5) is 23.4. The van der Waals surface area contributed by atoms with E-state index in [2.05, 4.69) is 5.32 Å². The molecule has 1 aromatic carbocycles. The van der Waals surface area contributed by atoms with Crippen LogP contribution in [-0.2, 0) is 27.2 Å². The van der Waals surface area contributed by atoms with Gasteiger partial charge in [-0.25, -0.2) is 0 Å². The molecule has 1 aromatic heterocycles. The van der Waals surface area contributed by atoms with Gasteiger partial charge < -0.3 is 19.5 Å². The zero-order chi connectivity index (χ0) is 18.1. The van der Waals surface area contributed by atoms with Crippen molar-refractivity contribution in [1.82, 2.24) is 5.32 Å². The number of benzene rings is 1. The lowest BCUT2D eigenvalue weighted by molar-refractivity contribution is -0.147. The van der Waals surface area contributed by atoms with Gasteiger partial charge in [-0.05, 0) is 46.5 Å². The van der Waals surface area contributed by atoms with Crippen LogP contribution >= 0.6 is 11.3 Å². The van der Waals surface area contributed by atoms with Gasteiger partial charge in [0.1, 0.15) is 0 Å². The number of rotatable bonds is 9. The Bertz CT molecular complexity index is 699. The first-order chi connectivity index (χ1) is 12.1. The van der Waals surface area contributed by atoms with Crippen LogP contribution in [0.3, 0.4) is 0 Å². The van der Waals surface area contributed by atoms with Gasteiger partial charge in [0.15, 0.2) is 18.1 Å². The Balaban J connectivity index is 1.69. The standard InChI is InChI=1S/C18H21NO5S/c1-22-15-4-3-13(9-16(15)23-2)5-7-19-17(20)11-24-18(21)10-14-6-8-25-12-14/h3-4,6,8-9,12H,5,7,10-11H2,1-2H3,(H,19,20). The number of ether oxygens (including phenoxy) is 3. The summed E-state index contributed by atoms with van der Waals surface area (Å²) in [5, 5.41) is 6.50. The molecular formula is C18H21NO5S. The molecule has 2 aromatic rings. The Hall–Kier alpha value is -2.54. The van der Waals surface area contributed by atoms with Gasteiger partial charge in [-0.1, -0.05) is 6.07 Å². The fourth-order valence-electron chi connectivity index (χ4n) is 2.19. The van der Waals surface area contributed by atoms with Crippen LogP contribution in [0.4, 0.5) is 0 Å². The van der Waals surface area contributed by atoms with Crippen LogP contribution in [-0.4, -0.2) is 39.2 Å². The first-order valence-corrected chi connectivity index (χ1v) is 8.71. The highest BCUT2D eigenvalue weighted by Crippen LogP contribution is 2.27. The lowest BCUT2D eigenvalue weighted by Crippen LogP contribution is -2.30. The predicted molar refractivity (Wildman–Crippen MR) is 95.2 cm³/mol. The summed E-state index contributed by atoms with van der Waals surface area (Å²) >= 11 is 1.52. The highest BCUT2D eigenvalue weighted by molar-refractivity contribution is 7.07. The molecule has 0 atom stereocenters. The SMILES string of the molecule is COc1ccc(CCNC(=O)COC(=O)Cc2ccsc2)cc1OC. The molecule has 1 heterocycles. The molecule has 0 radical (unpaired) electrons. The third kappa shape index (κ3) is 6.11. The Morgan fingerprint density at radius 1 is 1.08 bits per heavy atom. The third-order valence-corrected chi connectivity index (χ3v) is 4.21. The van der Waals surface area contributed by atoms with E-state index in [1.807, 2.05) is 35.0 Å². The molecule has 134 valence electrons. The van der Waals surface area contributed by atoms with Crippen LogP contribution in [0, 0.1) is 0 Å². The van der Waals surface area contributed by atoms with Crippen molar-refractivity contribution in [2.45, 2.75) is 12.8 Å². The first kappa shape index (κ1) is 18.8. The number of carbonyl (C=O) groups is 2. The number of amides is 1. The second-order valence-electron chi connectivity index (χ2n) is 5.26. The van der Waals surface area contributed by atoms with Gasteiger partial charge in [-0.3, -0.25) is 9.59 Å². The molecule has 1 N–H and O–H groups in total. The van der Waals surface area contributed by atoms with Crippen LogP contribution < -0.4 is 14.8 Å². The minimum Gasteiger partial charge on any atom is -0.493 e. The van der Waals surface area contributed by atoms with Gasteiger partial charge in [0.25, 0.3) is 5.91 Å². The summed E-state index contributed by atoms with van der Waals surface area (Å²) in [5.74, 6) is 0.578. The summed E-state index contributed by atoms with van der Waals surface area (Å²) in [6, 6.07) is 7.46. The second-order valence-corrected chi connectivity index (χ2v) is 6.04. The van der Waals surface area contributed by atoms with Gasteiger partial charge in [-0.2, -0.15) is 11.3 Å². The number of hydrogen-bond donors (Lipinski definition) is 1. The molecule has 0 unspecified atom stereocenters. The van der Waals surface area contributed by atoms with E-state index < -0.39 is 5.97 Å². The van der Waals surface area contributed by atoms with Crippen LogP contribution in [0.2, 0.25) is 0 Å². The Labute approximate surface area is 150 Å². The lowest BCUT2D eigenvalue weighted by atomic mass is 10.1. The Morgan fingerprint density at radius 2 is 1.88 bits per heavy atom. The highest BCUT2D eigenvalue weighted by atomic mass is 32.1. The van der Waals surface area contributed by atoms with Gasteiger partial charge in [0.05, 0.1) is 20.6 Å². The molecule has 6 nitrogen and oxygen atoms in total. The number of esters is 1. The van der Waals surface area contributed by atoms with E-state index in [-0.39, 0.29) is 18.9 Å². The summed E-state index contributed by atoms with van der Waals surface area (Å²) in [6.07, 6.45) is 0.817. The van der Waals surface area contributed by atoms with Crippen LogP contribution in [0.1, 0.15) is 11.1 Å². The second kappa shape index (κ2) is 9.68. The van der Waals surface area contributed by atoms with Crippen molar-refractivity contribution in [3.63, 3.8) is 0 Å². The van der Waals surface area contributed by atoms with Crippen molar-refractivity contribution in [2.24, 2.45) is 0 Å². The van der Waals surface area contributed by atoms with E-state index in [0.717, 1.165) is 11.1 Å². The molecule has 0 saturated carbocycles. The third-order valence-electron chi connectivity index (χ3n) is 3.48. The molecular weight excluding hydrogens is 342 g/mol. The molecule has 2 rings (SSSR count). The molecule has 0 spiro atoms. The molecule has 0 fully saturated rings. The number of methoxy groups -OCH3 is 2. The van der Waals surface area contributed by atoms with Crippen molar-refractivity contribution in [3.05, 3.63) is 46.2 Å². The zero-order valence-corrected chi connectivity index (χ0v) is 15.1. The van der Waals surface area contributed by atoms with E-state index in [0.29, 0.717) is 24.5 Å². The first-order valence-electron chi connectivity index (χ1n) is 7.76. The molecule has 7 heteroatoms. The largest absolute Gasteiger partial charge is 0.493 e. The minimum absolute atomic E-state index is 0.183. The van der Waals surface area contributed by atoms with Crippen molar-refractivity contribution >= 4 is 23.2 Å². The molecule has 1 amide bonds. The van der Waals surface area contributed by atoms with Crippen LogP contribution in [0.15, 0.2) is 35.0 Å². The maximum atomic E-state index is 11.7. The van der Waals surface area contributed by atoms with Gasteiger partial charge in [0, 0.05) is 6.54 Å². The summed E-state index contributed by atoms with van der Waals surface area (Å²) in [5.41, 5.74) is 1.90. The lowest BCUT2D eigenvalue weighted by Gasteiger charge is -2.10. The average Bonchev–Trinajstić information content (AvgIpc) is 3.12. The van der Waals surface area contributed by atoms with Crippen LogP contribution in [0.25, 0.3) is 0 Å². The van der Waals surface area contributed by atoms with E-state index in [9.17, 15) is 9.59 Å². The average molecular weight is 363 g/mol. The van der Waals surface area contributed by atoms with Gasteiger partial charge >= 0.3 is 5.97 Å². The van der Waals surface area contributed by atoms with Crippen molar-refractivity contribution in [2.75, 3.05) is 27.4 Å². The molecule has 0 aliphatic heterocycles. The molecule has 0 aliphatic rings. The monoisotopic (exact) mass is 363 g/mol. The summed E-state index contributed by atoms with van der Waals surface area (Å²) in [7, 11) is 3.16. The maximum absolute atomic E-state index is 11.7. The van der Waals surface area contributed by atoms with Crippen molar-refractivity contribution in [1.29, 1.82) is 0 Å². The molecule has 0 bridgehead atoms. The molecule has 0 aliphatic carbocycles. The quantitative estimate of drug-likeness (QED) is 0.692. The van der Waals surface area contributed by atoms with Gasteiger partial charge in [-0.15, -0.1) is 0 Å². The maximum Gasteiger partial charge on any atom is 0.310 e. The summed E-state index contributed by atoms with van der Waals surface area (Å²) < 4.78 is 15.4. The number of carbonyl (C=O) groups excluding carboxylic acids is 2. The molecule has 25 heavy (non-hydrogen) atoms. The smallest absolute Gasteiger partial charge is 0.310 e. The van der Waals surface area contributed by atoms with Gasteiger partial charge in [0.2, 0.25) is 0 Å². The highest BCUT2D eigenvalue weighted by Gasteiger charge is 2.09. The van der Waals surface area contributed by atoms with E-state index in [4.69, 9.17) is 14.2 Å². The predicted octanol–water partition coefficient (Wildman–Crippen LogP) is 2.21. The molecule has 0 saturated heterocycles. The summed E-state index contributed by atoms with van der Waals surface area (Å²) in [6.45, 7) is 0.172. The number of hydrogen-bond acceptors (Lipinski definition) is 6. The Morgan fingerprint density at radius 3 is 2.56 bits per heavy atom. The fourth-order valence-corrected chi connectivity index (χ4v) is 2.86. The topological polar surface area (TPSA) is 73.9 Å². The zero-order valence-electron chi connectivity index (χ0n) is 14.2. The van der Waals surface area contributed by atoms with Crippen LogP contribution in [0.5, 0.6) is 11.5 Å². The fraction of sp³-hybridized carbons (Fsp3) is 0.333. The minimum atomic E-state index is -0.409. The van der Waals surface area contributed by atoms with Crippen molar-refractivity contribution < 1.29 is 23.8 Å². The number of nitrogens with one attached hydrogen (secondary N) is 1. The van der Waals surface area contributed by atoms with E-state index >= 15 is 0 Å². The normalized spacial score (nSPS) is 10.2. The Kier molecular flexibility index (Phi) is 7.28.